The van der Waals surface area contributed by atoms with Crippen LogP contribution in [0.4, 0.5) is 4.39 Å². The topological polar surface area (TPSA) is 52.7 Å². The first-order valence-electron chi connectivity index (χ1n) is 9.59. The molecule has 2 amide bonds. The van der Waals surface area contributed by atoms with Crippen LogP contribution in [0.5, 0.6) is 0 Å². The molecule has 1 aromatic rings. The monoisotopic (exact) mass is 359 g/mol. The zero-order valence-electron chi connectivity index (χ0n) is 15.2. The van der Waals surface area contributed by atoms with Crippen LogP contribution < -0.4 is 5.32 Å². The summed E-state index contributed by atoms with van der Waals surface area (Å²) in [6.07, 6.45) is 3.29. The second-order valence-electron chi connectivity index (χ2n) is 7.84. The van der Waals surface area contributed by atoms with E-state index in [0.717, 1.165) is 37.9 Å². The van der Waals surface area contributed by atoms with Crippen molar-refractivity contribution in [2.24, 2.45) is 5.92 Å². The highest BCUT2D eigenvalue weighted by atomic mass is 19.1. The van der Waals surface area contributed by atoms with Gasteiger partial charge in [-0.05, 0) is 56.0 Å². The van der Waals surface area contributed by atoms with Gasteiger partial charge >= 0.3 is 0 Å². The van der Waals surface area contributed by atoms with E-state index in [2.05, 4.69) is 5.32 Å². The van der Waals surface area contributed by atoms with Crippen molar-refractivity contribution < 1.29 is 14.0 Å². The molecule has 1 aromatic carbocycles. The molecular weight excluding hydrogens is 333 g/mol. The highest BCUT2D eigenvalue weighted by molar-refractivity contribution is 5.95. The number of likely N-dealkylation sites (tertiary alicyclic amines) is 2. The summed E-state index contributed by atoms with van der Waals surface area (Å²) in [5.41, 5.74) is 1.24. The van der Waals surface area contributed by atoms with Gasteiger partial charge in [-0.25, -0.2) is 4.39 Å². The normalized spacial score (nSPS) is 26.9. The van der Waals surface area contributed by atoms with Gasteiger partial charge in [0.25, 0.3) is 5.91 Å². The van der Waals surface area contributed by atoms with Gasteiger partial charge in [0.1, 0.15) is 5.82 Å². The maximum Gasteiger partial charge on any atom is 0.256 e. The van der Waals surface area contributed by atoms with Crippen LogP contribution in [0.25, 0.3) is 0 Å². The molecule has 1 N–H and O–H groups in total. The van der Waals surface area contributed by atoms with Crippen LogP contribution in [0.15, 0.2) is 18.2 Å². The van der Waals surface area contributed by atoms with Gasteiger partial charge in [0.2, 0.25) is 5.91 Å². The molecule has 3 aliphatic heterocycles. The smallest absolute Gasteiger partial charge is 0.256 e. The molecule has 0 aliphatic carbocycles. The summed E-state index contributed by atoms with van der Waals surface area (Å²) < 4.78 is 14.4. The Morgan fingerprint density at radius 3 is 2.77 bits per heavy atom. The number of hydrogen-bond acceptors (Lipinski definition) is 3. The van der Waals surface area contributed by atoms with Crippen LogP contribution in [-0.2, 0) is 4.79 Å². The van der Waals surface area contributed by atoms with Crippen molar-refractivity contribution in [2.75, 3.05) is 33.2 Å². The predicted octanol–water partition coefficient (Wildman–Crippen LogP) is 1.99. The number of rotatable bonds is 2. The van der Waals surface area contributed by atoms with E-state index in [0.29, 0.717) is 25.4 Å². The minimum atomic E-state index is -0.450. The summed E-state index contributed by atoms with van der Waals surface area (Å²) in [7, 11) is 1.84. The molecule has 0 aromatic heterocycles. The second kappa shape index (κ2) is 6.99. The third-order valence-electron chi connectivity index (χ3n) is 6.34. The average Bonchev–Trinajstić information content (AvgIpc) is 2.96. The number of amides is 2. The molecule has 0 saturated carbocycles. The van der Waals surface area contributed by atoms with Gasteiger partial charge in [0.05, 0.1) is 5.56 Å². The van der Waals surface area contributed by atoms with Crippen molar-refractivity contribution in [2.45, 2.75) is 37.6 Å². The lowest BCUT2D eigenvalue weighted by molar-refractivity contribution is -0.127. The number of hydrogen-bond donors (Lipinski definition) is 1. The van der Waals surface area contributed by atoms with E-state index in [4.69, 9.17) is 0 Å². The van der Waals surface area contributed by atoms with Crippen LogP contribution in [0.2, 0.25) is 0 Å². The van der Waals surface area contributed by atoms with Crippen LogP contribution in [0.3, 0.4) is 0 Å². The molecule has 6 heteroatoms. The number of carbonyl (C=O) groups excluding carboxylic acids is 2. The Kier molecular flexibility index (Phi) is 4.69. The Balaban J connectivity index is 1.52. The van der Waals surface area contributed by atoms with Crippen LogP contribution in [0.1, 0.15) is 47.5 Å². The highest BCUT2D eigenvalue weighted by Gasteiger charge is 2.42. The number of piperidine rings is 2. The van der Waals surface area contributed by atoms with Gasteiger partial charge < -0.3 is 15.1 Å². The minimum absolute atomic E-state index is 0.147. The van der Waals surface area contributed by atoms with Crippen molar-refractivity contribution in [1.29, 1.82) is 0 Å². The molecule has 3 fully saturated rings. The van der Waals surface area contributed by atoms with E-state index in [1.54, 1.807) is 11.0 Å². The standard InChI is InChI=1S/C20H26FN3O2/c1-23-18-6-9-24(12-15(18)11-19(23)25)20(26)16-10-14(2-3-17(16)21)13-4-7-22-8-5-13/h2-3,10,13,15,18,22H,4-9,11-12H2,1H3/t15-,18+/m1/s1. The summed E-state index contributed by atoms with van der Waals surface area (Å²) in [5.74, 6) is 0.0117. The molecule has 3 heterocycles. The first-order chi connectivity index (χ1) is 12.5. The summed E-state index contributed by atoms with van der Waals surface area (Å²) in [6.45, 7) is 3.04. The van der Waals surface area contributed by atoms with Crippen LogP contribution >= 0.6 is 0 Å². The van der Waals surface area contributed by atoms with Gasteiger partial charge in [-0.15, -0.1) is 0 Å². The zero-order valence-corrected chi connectivity index (χ0v) is 15.2. The van der Waals surface area contributed by atoms with Gasteiger partial charge in [0, 0.05) is 38.5 Å². The van der Waals surface area contributed by atoms with Gasteiger partial charge in [-0.3, -0.25) is 9.59 Å². The average molecular weight is 359 g/mol. The SMILES string of the molecule is CN1C(=O)C[C@@H]2CN(C(=O)c3cc(C4CCNCC4)ccc3F)CC[C@@H]21. The number of carbonyl (C=O) groups is 2. The fourth-order valence-electron chi connectivity index (χ4n) is 4.75. The molecule has 4 rings (SSSR count). The first kappa shape index (κ1) is 17.5. The molecule has 0 spiro atoms. The summed E-state index contributed by atoms with van der Waals surface area (Å²) >= 11 is 0. The molecular formula is C20H26FN3O2. The zero-order chi connectivity index (χ0) is 18.3. The lowest BCUT2D eigenvalue weighted by Crippen LogP contribution is -2.47. The molecule has 0 unspecified atom stereocenters. The van der Waals surface area contributed by atoms with Crippen LogP contribution in [0, 0.1) is 11.7 Å². The number of fused-ring (bicyclic) bond motifs is 1. The van der Waals surface area contributed by atoms with Crippen molar-refractivity contribution in [3.63, 3.8) is 0 Å². The Labute approximate surface area is 153 Å². The minimum Gasteiger partial charge on any atom is -0.342 e. The van der Waals surface area contributed by atoms with Crippen molar-refractivity contribution in [1.82, 2.24) is 15.1 Å². The quantitative estimate of drug-likeness (QED) is 0.879. The Bertz CT molecular complexity index is 717. The molecule has 140 valence electrons. The first-order valence-corrected chi connectivity index (χ1v) is 9.59. The highest BCUT2D eigenvalue weighted by Crippen LogP contribution is 2.32. The number of nitrogens with one attached hydrogen (secondary N) is 1. The van der Waals surface area contributed by atoms with Gasteiger partial charge in [-0.1, -0.05) is 6.07 Å². The van der Waals surface area contributed by atoms with E-state index < -0.39 is 5.82 Å². The van der Waals surface area contributed by atoms with E-state index in [-0.39, 0.29) is 29.3 Å². The van der Waals surface area contributed by atoms with Gasteiger partial charge in [0.15, 0.2) is 0 Å². The molecule has 0 bridgehead atoms. The van der Waals surface area contributed by atoms with Crippen molar-refractivity contribution in [3.8, 4) is 0 Å². The maximum atomic E-state index is 14.4. The Morgan fingerprint density at radius 1 is 1.23 bits per heavy atom. The molecule has 26 heavy (non-hydrogen) atoms. The lowest BCUT2D eigenvalue weighted by atomic mass is 9.88. The largest absolute Gasteiger partial charge is 0.342 e. The summed E-state index contributed by atoms with van der Waals surface area (Å²) in [6, 6.07) is 5.23. The molecule has 5 nitrogen and oxygen atoms in total. The van der Waals surface area contributed by atoms with Crippen molar-refractivity contribution >= 4 is 11.8 Å². The Morgan fingerprint density at radius 2 is 2.00 bits per heavy atom. The molecule has 0 radical (unpaired) electrons. The number of halogens is 1. The molecule has 3 aliphatic rings. The lowest BCUT2D eigenvalue weighted by Gasteiger charge is -2.36. The van der Waals surface area contributed by atoms with E-state index >= 15 is 0 Å². The fourth-order valence-corrected chi connectivity index (χ4v) is 4.75. The van der Waals surface area contributed by atoms with E-state index in [1.807, 2.05) is 18.0 Å². The van der Waals surface area contributed by atoms with E-state index in [1.165, 1.54) is 6.07 Å². The van der Waals surface area contributed by atoms with Crippen LogP contribution in [-0.4, -0.2) is 60.9 Å². The van der Waals surface area contributed by atoms with Gasteiger partial charge in [-0.2, -0.15) is 0 Å². The molecule has 3 saturated heterocycles. The fraction of sp³-hybridized carbons (Fsp3) is 0.600. The maximum absolute atomic E-state index is 14.4. The summed E-state index contributed by atoms with van der Waals surface area (Å²) in [5, 5.41) is 3.33. The number of benzene rings is 1. The second-order valence-corrected chi connectivity index (χ2v) is 7.84. The van der Waals surface area contributed by atoms with Crippen molar-refractivity contribution in [3.05, 3.63) is 35.1 Å². The predicted molar refractivity (Wildman–Crippen MR) is 96.4 cm³/mol. The number of nitrogens with zero attached hydrogens (tertiary/aromatic N) is 2. The Hall–Kier alpha value is -1.95. The third-order valence-corrected chi connectivity index (χ3v) is 6.34. The third kappa shape index (κ3) is 3.11. The summed E-state index contributed by atoms with van der Waals surface area (Å²) in [4.78, 5) is 28.4. The molecule has 2 atom stereocenters. The van der Waals surface area contributed by atoms with E-state index in [9.17, 15) is 14.0 Å².